The van der Waals surface area contributed by atoms with E-state index in [1.807, 2.05) is 67.6 Å². The molecule has 1 amide bonds. The number of fused-ring (bicyclic) bond motifs is 2. The van der Waals surface area contributed by atoms with Crippen LogP contribution < -0.4 is 11.3 Å². The summed E-state index contributed by atoms with van der Waals surface area (Å²) in [5.41, 5.74) is 11.4. The van der Waals surface area contributed by atoms with Crippen molar-refractivity contribution in [1.82, 2.24) is 23.9 Å². The van der Waals surface area contributed by atoms with Gasteiger partial charge in [0.2, 0.25) is 0 Å². The molecule has 0 aliphatic carbocycles. The number of nitrogens with zero attached hydrogens (tertiary/aromatic N) is 5. The molecular weight excluding hydrogens is 508 g/mol. The van der Waals surface area contributed by atoms with Gasteiger partial charge in [0.25, 0.3) is 5.56 Å². The number of aliphatic hydroxyl groups excluding tert-OH is 2. The molecule has 0 saturated heterocycles. The van der Waals surface area contributed by atoms with Gasteiger partial charge in [-0.15, -0.1) is 0 Å². The second kappa shape index (κ2) is 9.92. The molecule has 0 aliphatic rings. The summed E-state index contributed by atoms with van der Waals surface area (Å²) in [5, 5.41) is 24.6. The third-order valence-electron chi connectivity index (χ3n) is 7.12. The van der Waals surface area contributed by atoms with E-state index in [0.717, 1.165) is 22.1 Å². The molecule has 3 heterocycles. The predicted molar refractivity (Wildman–Crippen MR) is 152 cm³/mol. The molecule has 0 spiro atoms. The first-order chi connectivity index (χ1) is 19.4. The highest BCUT2D eigenvalue weighted by molar-refractivity contribution is 6.04. The summed E-state index contributed by atoms with van der Waals surface area (Å²) in [5.74, 6) is 0. The number of benzene rings is 3. The summed E-state index contributed by atoms with van der Waals surface area (Å²) in [6.07, 6.45) is 3.87. The quantitative estimate of drug-likeness (QED) is 0.299. The molecule has 0 radical (unpaired) electrons. The van der Waals surface area contributed by atoms with Gasteiger partial charge in [0, 0.05) is 17.1 Å². The molecule has 10 heteroatoms. The van der Waals surface area contributed by atoms with E-state index < -0.39 is 12.1 Å². The number of primary amides is 1. The van der Waals surface area contributed by atoms with Crippen molar-refractivity contribution < 1.29 is 15.0 Å². The summed E-state index contributed by atoms with van der Waals surface area (Å²) >= 11 is 0. The summed E-state index contributed by atoms with van der Waals surface area (Å²) in [6, 6.07) is 19.9. The predicted octanol–water partition coefficient (Wildman–Crippen LogP) is 3.46. The molecule has 200 valence electrons. The third kappa shape index (κ3) is 4.15. The fraction of sp³-hybridized carbons (Fsp3) is 0.133. The van der Waals surface area contributed by atoms with E-state index in [1.54, 1.807) is 29.4 Å². The maximum absolute atomic E-state index is 13.3. The lowest BCUT2D eigenvalue weighted by atomic mass is 9.96. The maximum atomic E-state index is 13.3. The fourth-order valence-corrected chi connectivity index (χ4v) is 5.20. The Kier molecular flexibility index (Phi) is 6.25. The van der Waals surface area contributed by atoms with Crippen molar-refractivity contribution >= 4 is 27.8 Å². The van der Waals surface area contributed by atoms with Gasteiger partial charge in [0.1, 0.15) is 6.33 Å². The normalized spacial score (nSPS) is 12.3. The van der Waals surface area contributed by atoms with E-state index in [9.17, 15) is 14.7 Å². The molecule has 0 bridgehead atoms. The molecule has 3 aromatic carbocycles. The second-order valence-corrected chi connectivity index (χ2v) is 9.62. The Labute approximate surface area is 228 Å². The average Bonchev–Trinajstić information content (AvgIpc) is 3.58. The number of hydrogen-bond donors (Lipinski definition) is 3. The number of carbonyl (C=O) groups excluding carboxylic acids is 1. The van der Waals surface area contributed by atoms with Crippen LogP contribution in [0.1, 0.15) is 5.56 Å². The van der Waals surface area contributed by atoms with Crippen LogP contribution >= 0.6 is 0 Å². The molecule has 4 N–H and O–H groups in total. The molecule has 6 rings (SSSR count). The smallest absolute Gasteiger partial charge is 0.323 e. The lowest BCUT2D eigenvalue weighted by Gasteiger charge is -2.14. The Morgan fingerprint density at radius 1 is 1.02 bits per heavy atom. The number of nitrogens with two attached hydrogens (primary N) is 1. The van der Waals surface area contributed by atoms with Crippen LogP contribution in [0.3, 0.4) is 0 Å². The Balaban J connectivity index is 1.51. The zero-order chi connectivity index (χ0) is 28.0. The van der Waals surface area contributed by atoms with E-state index >= 15 is 0 Å². The number of carbonyl (C=O) groups is 1. The van der Waals surface area contributed by atoms with Crippen LogP contribution in [0, 0.1) is 6.92 Å². The molecule has 3 aromatic heterocycles. The molecular formula is C30H26N6O4. The SMILES string of the molecule is Cc1c(-c2cccc3c2cc(-c2cnn(CC(O)CO)c2)n3C(N)=O)cccc1-n1cnc2ccccc2c1=O. The first-order valence-electron chi connectivity index (χ1n) is 12.7. The van der Waals surface area contributed by atoms with Crippen molar-refractivity contribution in [2.45, 2.75) is 19.6 Å². The van der Waals surface area contributed by atoms with Crippen LogP contribution in [0.4, 0.5) is 4.79 Å². The summed E-state index contributed by atoms with van der Waals surface area (Å²) in [6.45, 7) is 1.67. The van der Waals surface area contributed by atoms with Crippen LogP contribution in [0.5, 0.6) is 0 Å². The van der Waals surface area contributed by atoms with Gasteiger partial charge < -0.3 is 15.9 Å². The molecule has 0 saturated carbocycles. The van der Waals surface area contributed by atoms with Crippen molar-refractivity contribution in [2.75, 3.05) is 6.61 Å². The van der Waals surface area contributed by atoms with Gasteiger partial charge >= 0.3 is 6.03 Å². The minimum absolute atomic E-state index is 0.105. The highest BCUT2D eigenvalue weighted by atomic mass is 16.3. The molecule has 6 aromatic rings. The van der Waals surface area contributed by atoms with Gasteiger partial charge in [-0.25, -0.2) is 9.78 Å². The van der Waals surface area contributed by atoms with E-state index in [2.05, 4.69) is 10.1 Å². The molecule has 40 heavy (non-hydrogen) atoms. The average molecular weight is 535 g/mol. The highest BCUT2D eigenvalue weighted by Crippen LogP contribution is 2.37. The Morgan fingerprint density at radius 2 is 1.80 bits per heavy atom. The van der Waals surface area contributed by atoms with Gasteiger partial charge in [-0.1, -0.05) is 36.4 Å². The van der Waals surface area contributed by atoms with Gasteiger partial charge in [0.05, 0.1) is 53.3 Å². The number of amides is 1. The van der Waals surface area contributed by atoms with E-state index in [1.165, 1.54) is 9.25 Å². The summed E-state index contributed by atoms with van der Waals surface area (Å²) in [4.78, 5) is 30.5. The minimum Gasteiger partial charge on any atom is -0.394 e. The number of rotatable bonds is 6. The number of para-hydroxylation sites is 1. The van der Waals surface area contributed by atoms with E-state index in [0.29, 0.717) is 33.4 Å². The first kappa shape index (κ1) is 25.2. The molecule has 1 atom stereocenters. The molecule has 0 fully saturated rings. The van der Waals surface area contributed by atoms with Crippen molar-refractivity contribution in [3.8, 4) is 28.1 Å². The summed E-state index contributed by atoms with van der Waals surface area (Å²) < 4.78 is 4.49. The van der Waals surface area contributed by atoms with Gasteiger partial charge in [-0.2, -0.15) is 5.10 Å². The van der Waals surface area contributed by atoms with Gasteiger partial charge in [-0.05, 0) is 53.9 Å². The minimum atomic E-state index is -0.957. The van der Waals surface area contributed by atoms with Gasteiger partial charge in [-0.3, -0.25) is 18.6 Å². The lowest BCUT2D eigenvalue weighted by Crippen LogP contribution is -2.20. The zero-order valence-electron chi connectivity index (χ0n) is 21.6. The number of hydrogen-bond acceptors (Lipinski definition) is 6. The van der Waals surface area contributed by atoms with E-state index in [-0.39, 0.29) is 18.7 Å². The van der Waals surface area contributed by atoms with Crippen LogP contribution in [0.25, 0.3) is 49.9 Å². The van der Waals surface area contributed by atoms with Crippen molar-refractivity contribution in [3.05, 3.63) is 101 Å². The monoisotopic (exact) mass is 534 g/mol. The lowest BCUT2D eigenvalue weighted by molar-refractivity contribution is 0.0783. The van der Waals surface area contributed by atoms with E-state index in [4.69, 9.17) is 10.8 Å². The summed E-state index contributed by atoms with van der Waals surface area (Å²) in [7, 11) is 0. The van der Waals surface area contributed by atoms with Crippen LogP contribution in [0.15, 0.2) is 90.2 Å². The van der Waals surface area contributed by atoms with Crippen LogP contribution in [0.2, 0.25) is 0 Å². The fourth-order valence-electron chi connectivity index (χ4n) is 5.20. The third-order valence-corrected chi connectivity index (χ3v) is 7.12. The zero-order valence-corrected chi connectivity index (χ0v) is 21.6. The number of aliphatic hydroxyl groups is 2. The molecule has 1 unspecified atom stereocenters. The standard InChI is InChI=1S/C30H26N6O4/c1-18-21(7-4-10-26(18)35-17-32-25-9-3-2-6-23(25)29(35)39)22-8-5-11-27-24(22)12-28(36(27)30(31)40)19-13-33-34(14-19)15-20(38)16-37/h2-14,17,20,37-38H,15-16H2,1H3,(H2,31,40). The van der Waals surface area contributed by atoms with Gasteiger partial charge in [0.15, 0.2) is 0 Å². The van der Waals surface area contributed by atoms with Crippen LogP contribution in [-0.2, 0) is 6.54 Å². The van der Waals surface area contributed by atoms with Crippen LogP contribution in [-0.4, -0.2) is 52.9 Å². The number of aromatic nitrogens is 5. The maximum Gasteiger partial charge on any atom is 0.323 e. The Hall–Kier alpha value is -5.06. The highest BCUT2D eigenvalue weighted by Gasteiger charge is 2.20. The molecule has 0 aliphatic heterocycles. The topological polar surface area (TPSA) is 141 Å². The van der Waals surface area contributed by atoms with Crippen molar-refractivity contribution in [1.29, 1.82) is 0 Å². The Bertz CT molecular complexity index is 1970. The van der Waals surface area contributed by atoms with Crippen molar-refractivity contribution in [2.24, 2.45) is 5.73 Å². The molecule has 10 nitrogen and oxygen atoms in total. The van der Waals surface area contributed by atoms with Crippen molar-refractivity contribution in [3.63, 3.8) is 0 Å². The second-order valence-electron chi connectivity index (χ2n) is 9.62. The largest absolute Gasteiger partial charge is 0.394 e. The first-order valence-corrected chi connectivity index (χ1v) is 12.7. The Morgan fingerprint density at radius 3 is 2.60 bits per heavy atom.